The van der Waals surface area contributed by atoms with Crippen molar-refractivity contribution in [3.05, 3.63) is 29.8 Å². The first-order valence-corrected chi connectivity index (χ1v) is 8.27. The minimum atomic E-state index is 0.0295. The second-order valence-electron chi connectivity index (χ2n) is 6.19. The maximum Gasteiger partial charge on any atom is 0.246 e. The Hall–Kier alpha value is -2.01. The molecule has 0 saturated carbocycles. The van der Waals surface area contributed by atoms with Gasteiger partial charge in [0.25, 0.3) is 0 Å². The summed E-state index contributed by atoms with van der Waals surface area (Å²) >= 11 is 0. The molecule has 1 amide bonds. The second kappa shape index (κ2) is 7.04. The normalized spacial score (nSPS) is 24.0. The van der Waals surface area contributed by atoms with Crippen LogP contribution in [0, 0.1) is 5.92 Å². The number of likely N-dealkylation sites (tertiary alicyclic amines) is 1. The van der Waals surface area contributed by atoms with Crippen LogP contribution in [0.3, 0.4) is 0 Å². The molecule has 5 heteroatoms. The van der Waals surface area contributed by atoms with Gasteiger partial charge in [-0.05, 0) is 42.5 Å². The van der Waals surface area contributed by atoms with Crippen molar-refractivity contribution < 1.29 is 14.3 Å². The lowest BCUT2D eigenvalue weighted by Gasteiger charge is -2.38. The van der Waals surface area contributed by atoms with Crippen molar-refractivity contribution in [2.75, 3.05) is 26.3 Å². The van der Waals surface area contributed by atoms with E-state index in [-0.39, 0.29) is 11.9 Å². The summed E-state index contributed by atoms with van der Waals surface area (Å²) in [7, 11) is 0. The Kier molecular flexibility index (Phi) is 4.86. The molecule has 1 aromatic carbocycles. The molecule has 124 valence electrons. The lowest BCUT2D eigenvalue weighted by atomic mass is 9.90. The van der Waals surface area contributed by atoms with E-state index in [2.05, 4.69) is 6.92 Å². The van der Waals surface area contributed by atoms with Crippen LogP contribution in [-0.2, 0) is 4.79 Å². The van der Waals surface area contributed by atoms with E-state index in [0.29, 0.717) is 25.7 Å². The molecule has 1 aromatic rings. The minimum absolute atomic E-state index is 0.0295. The van der Waals surface area contributed by atoms with E-state index in [1.165, 1.54) is 0 Å². The molecule has 0 aromatic heterocycles. The molecule has 2 aliphatic heterocycles. The van der Waals surface area contributed by atoms with Crippen molar-refractivity contribution in [3.8, 4) is 11.5 Å². The zero-order valence-corrected chi connectivity index (χ0v) is 13.5. The number of nitrogens with zero attached hydrogens (tertiary/aromatic N) is 1. The summed E-state index contributed by atoms with van der Waals surface area (Å²) in [6.45, 7) is 4.61. The molecule has 2 heterocycles. The number of rotatable bonds is 3. The predicted molar refractivity (Wildman–Crippen MR) is 89.4 cm³/mol. The number of ether oxygens (including phenoxy) is 2. The van der Waals surface area contributed by atoms with Crippen molar-refractivity contribution in [1.82, 2.24) is 4.90 Å². The fourth-order valence-electron chi connectivity index (χ4n) is 3.31. The molecule has 5 nitrogen and oxygen atoms in total. The predicted octanol–water partition coefficient (Wildman–Crippen LogP) is 2.06. The molecule has 2 unspecified atom stereocenters. The summed E-state index contributed by atoms with van der Waals surface area (Å²) in [5.74, 6) is 1.98. The lowest BCUT2D eigenvalue weighted by molar-refractivity contribution is -0.130. The van der Waals surface area contributed by atoms with Gasteiger partial charge in [-0.15, -0.1) is 0 Å². The monoisotopic (exact) mass is 316 g/mol. The molecule has 0 bridgehead atoms. The van der Waals surface area contributed by atoms with Crippen LogP contribution in [0.5, 0.6) is 11.5 Å². The summed E-state index contributed by atoms with van der Waals surface area (Å²) in [6, 6.07) is 5.85. The maximum absolute atomic E-state index is 12.5. The Morgan fingerprint density at radius 3 is 2.91 bits per heavy atom. The van der Waals surface area contributed by atoms with Gasteiger partial charge < -0.3 is 20.1 Å². The third kappa shape index (κ3) is 3.50. The highest BCUT2D eigenvalue weighted by Gasteiger charge is 2.29. The van der Waals surface area contributed by atoms with E-state index in [4.69, 9.17) is 15.2 Å². The van der Waals surface area contributed by atoms with Crippen LogP contribution in [0.15, 0.2) is 24.3 Å². The minimum Gasteiger partial charge on any atom is -0.486 e. The van der Waals surface area contributed by atoms with E-state index in [9.17, 15) is 4.79 Å². The van der Waals surface area contributed by atoms with Crippen LogP contribution >= 0.6 is 0 Å². The highest BCUT2D eigenvalue weighted by Crippen LogP contribution is 2.31. The standard InChI is InChI=1S/C18H24N2O3/c1-13-3-2-8-20(15(13)12-19)18(21)7-5-14-4-6-16-17(11-14)23-10-9-22-16/h4-7,11,13,15H,2-3,8-10,12,19H2,1H3. The SMILES string of the molecule is CC1CCCN(C(=O)C=Cc2ccc3c(c2)OCCO3)C1CN. The van der Waals surface area contributed by atoms with E-state index in [0.717, 1.165) is 36.4 Å². The molecule has 2 aliphatic rings. The summed E-state index contributed by atoms with van der Waals surface area (Å²) in [4.78, 5) is 14.4. The number of hydrogen-bond donors (Lipinski definition) is 1. The maximum atomic E-state index is 12.5. The second-order valence-corrected chi connectivity index (χ2v) is 6.19. The average molecular weight is 316 g/mol. The summed E-state index contributed by atoms with van der Waals surface area (Å²) in [5, 5.41) is 0. The number of hydrogen-bond acceptors (Lipinski definition) is 4. The molecular formula is C18H24N2O3. The van der Waals surface area contributed by atoms with Crippen LogP contribution in [0.2, 0.25) is 0 Å². The number of piperidine rings is 1. The Bertz CT molecular complexity index is 600. The molecule has 0 spiro atoms. The Balaban J connectivity index is 1.70. The van der Waals surface area contributed by atoms with Gasteiger partial charge in [0.15, 0.2) is 11.5 Å². The van der Waals surface area contributed by atoms with Crippen molar-refractivity contribution in [2.24, 2.45) is 11.7 Å². The summed E-state index contributed by atoms with van der Waals surface area (Å²) in [5.41, 5.74) is 6.78. The van der Waals surface area contributed by atoms with Crippen LogP contribution in [-0.4, -0.2) is 43.2 Å². The summed E-state index contributed by atoms with van der Waals surface area (Å²) in [6.07, 6.45) is 5.64. The van der Waals surface area contributed by atoms with Crippen LogP contribution < -0.4 is 15.2 Å². The first-order chi connectivity index (χ1) is 11.2. The Labute approximate surface area is 137 Å². The molecular weight excluding hydrogens is 292 g/mol. The molecule has 2 atom stereocenters. The highest BCUT2D eigenvalue weighted by atomic mass is 16.6. The van der Waals surface area contributed by atoms with Crippen molar-refractivity contribution in [3.63, 3.8) is 0 Å². The van der Waals surface area contributed by atoms with Gasteiger partial charge in [0, 0.05) is 25.2 Å². The van der Waals surface area contributed by atoms with Crippen LogP contribution in [0.25, 0.3) is 6.08 Å². The zero-order valence-electron chi connectivity index (χ0n) is 13.5. The summed E-state index contributed by atoms with van der Waals surface area (Å²) < 4.78 is 11.1. The number of benzene rings is 1. The molecule has 3 rings (SSSR count). The van der Waals surface area contributed by atoms with Gasteiger partial charge in [-0.25, -0.2) is 0 Å². The van der Waals surface area contributed by atoms with E-state index >= 15 is 0 Å². The fraction of sp³-hybridized carbons (Fsp3) is 0.500. The molecule has 1 saturated heterocycles. The largest absolute Gasteiger partial charge is 0.486 e. The van der Waals surface area contributed by atoms with Gasteiger partial charge in [0.05, 0.1) is 0 Å². The van der Waals surface area contributed by atoms with Crippen LogP contribution in [0.1, 0.15) is 25.3 Å². The smallest absolute Gasteiger partial charge is 0.246 e. The van der Waals surface area contributed by atoms with Gasteiger partial charge in [0.1, 0.15) is 13.2 Å². The molecule has 0 aliphatic carbocycles. The Morgan fingerprint density at radius 1 is 1.35 bits per heavy atom. The quantitative estimate of drug-likeness (QED) is 0.867. The number of amides is 1. The van der Waals surface area contributed by atoms with E-state index in [1.54, 1.807) is 6.08 Å². The number of carbonyl (C=O) groups is 1. The van der Waals surface area contributed by atoms with Gasteiger partial charge in [-0.3, -0.25) is 4.79 Å². The third-order valence-electron chi connectivity index (χ3n) is 4.62. The highest BCUT2D eigenvalue weighted by molar-refractivity contribution is 5.92. The fourth-order valence-corrected chi connectivity index (χ4v) is 3.31. The van der Waals surface area contributed by atoms with Crippen LogP contribution in [0.4, 0.5) is 0 Å². The number of carbonyl (C=O) groups excluding carboxylic acids is 1. The van der Waals surface area contributed by atoms with Gasteiger partial charge in [-0.1, -0.05) is 13.0 Å². The van der Waals surface area contributed by atoms with Gasteiger partial charge >= 0.3 is 0 Å². The van der Waals surface area contributed by atoms with Crippen molar-refractivity contribution in [1.29, 1.82) is 0 Å². The molecule has 23 heavy (non-hydrogen) atoms. The average Bonchev–Trinajstić information content (AvgIpc) is 2.59. The third-order valence-corrected chi connectivity index (χ3v) is 4.62. The zero-order chi connectivity index (χ0) is 16.2. The van der Waals surface area contributed by atoms with Gasteiger partial charge in [0.2, 0.25) is 5.91 Å². The Morgan fingerprint density at radius 2 is 2.13 bits per heavy atom. The lowest BCUT2D eigenvalue weighted by Crippen LogP contribution is -2.50. The van der Waals surface area contributed by atoms with E-state index < -0.39 is 0 Å². The molecule has 1 fully saturated rings. The van der Waals surface area contributed by atoms with Crippen molar-refractivity contribution >= 4 is 12.0 Å². The topological polar surface area (TPSA) is 64.8 Å². The number of fused-ring (bicyclic) bond motifs is 1. The first kappa shape index (κ1) is 15.9. The van der Waals surface area contributed by atoms with Gasteiger partial charge in [-0.2, -0.15) is 0 Å². The molecule has 2 N–H and O–H groups in total. The van der Waals surface area contributed by atoms with Crippen molar-refractivity contribution in [2.45, 2.75) is 25.8 Å². The van der Waals surface area contributed by atoms with E-state index in [1.807, 2.05) is 29.2 Å². The number of nitrogens with two attached hydrogens (primary N) is 1. The first-order valence-electron chi connectivity index (χ1n) is 8.27. The molecule has 0 radical (unpaired) electrons.